The molecule has 0 amide bonds. The molecular formula is C14H20BrClN2O2. The maximum absolute atomic E-state index is 6.29. The van der Waals surface area contributed by atoms with E-state index in [9.17, 15) is 0 Å². The number of hydrogen-bond acceptors (Lipinski definition) is 4. The van der Waals surface area contributed by atoms with Crippen molar-refractivity contribution in [3.05, 3.63) is 33.3 Å². The first kappa shape index (κ1) is 16.2. The summed E-state index contributed by atoms with van der Waals surface area (Å²) in [4.78, 5) is 0. The van der Waals surface area contributed by atoms with E-state index < -0.39 is 0 Å². The second-order valence-electron chi connectivity index (χ2n) is 5.04. The van der Waals surface area contributed by atoms with Gasteiger partial charge in [0.05, 0.1) is 11.6 Å². The third-order valence-electron chi connectivity index (χ3n) is 4.02. The Bertz CT molecular complexity index is 453. The quantitative estimate of drug-likeness (QED) is 0.624. The second-order valence-corrected chi connectivity index (χ2v) is 6.36. The summed E-state index contributed by atoms with van der Waals surface area (Å²) in [6, 6.07) is 5.89. The molecule has 1 fully saturated rings. The van der Waals surface area contributed by atoms with Crippen LogP contribution in [0.3, 0.4) is 0 Å². The van der Waals surface area contributed by atoms with Crippen LogP contribution < -0.4 is 11.3 Å². The first-order valence-electron chi connectivity index (χ1n) is 6.64. The Morgan fingerprint density at radius 1 is 1.50 bits per heavy atom. The molecule has 0 saturated carbocycles. The summed E-state index contributed by atoms with van der Waals surface area (Å²) in [7, 11) is 1.73. The number of nitrogens with one attached hydrogen (secondary N) is 1. The van der Waals surface area contributed by atoms with Crippen LogP contribution in [-0.2, 0) is 15.9 Å². The lowest BCUT2D eigenvalue weighted by atomic mass is 9.83. The average molecular weight is 364 g/mol. The Balaban J connectivity index is 2.18. The van der Waals surface area contributed by atoms with Crippen molar-refractivity contribution in [2.24, 2.45) is 5.84 Å². The highest BCUT2D eigenvalue weighted by Gasteiger charge is 2.40. The monoisotopic (exact) mass is 362 g/mol. The normalized spacial score (nSPS) is 19.8. The van der Waals surface area contributed by atoms with Gasteiger partial charge < -0.3 is 9.47 Å². The molecule has 1 atom stereocenters. The molecule has 0 radical (unpaired) electrons. The molecule has 112 valence electrons. The van der Waals surface area contributed by atoms with Gasteiger partial charge in [0.15, 0.2) is 0 Å². The summed E-state index contributed by atoms with van der Waals surface area (Å²) in [6.45, 7) is 1.39. The fourth-order valence-corrected chi connectivity index (χ4v) is 3.47. The second kappa shape index (κ2) is 7.20. The predicted octanol–water partition coefficient (Wildman–Crippen LogP) is 2.67. The van der Waals surface area contributed by atoms with E-state index in [-0.39, 0.29) is 11.6 Å². The lowest BCUT2D eigenvalue weighted by molar-refractivity contribution is -0.110. The molecule has 1 unspecified atom stereocenters. The van der Waals surface area contributed by atoms with Crippen LogP contribution in [0.1, 0.15) is 18.4 Å². The number of methoxy groups -OCH3 is 1. The van der Waals surface area contributed by atoms with E-state index in [0.717, 1.165) is 34.3 Å². The third kappa shape index (κ3) is 3.53. The van der Waals surface area contributed by atoms with Crippen molar-refractivity contribution in [1.82, 2.24) is 5.43 Å². The van der Waals surface area contributed by atoms with E-state index in [0.29, 0.717) is 13.2 Å². The first-order valence-corrected chi connectivity index (χ1v) is 7.81. The van der Waals surface area contributed by atoms with Gasteiger partial charge in [0.25, 0.3) is 0 Å². The largest absolute Gasteiger partial charge is 0.381 e. The van der Waals surface area contributed by atoms with Crippen LogP contribution in [0.4, 0.5) is 0 Å². The number of halogens is 2. The van der Waals surface area contributed by atoms with Crippen LogP contribution in [-0.4, -0.2) is 32.0 Å². The molecule has 1 aromatic rings. The Hall–Kier alpha value is -0.170. The van der Waals surface area contributed by atoms with Gasteiger partial charge in [0, 0.05) is 42.7 Å². The summed E-state index contributed by atoms with van der Waals surface area (Å²) >= 11 is 9.71. The van der Waals surface area contributed by atoms with Gasteiger partial charge in [-0.25, -0.2) is 0 Å². The number of nitrogens with two attached hydrogens (primary N) is 1. The molecule has 0 aromatic heterocycles. The van der Waals surface area contributed by atoms with Crippen LogP contribution in [0.2, 0.25) is 5.02 Å². The maximum atomic E-state index is 6.29. The summed E-state index contributed by atoms with van der Waals surface area (Å²) in [5.74, 6) is 5.77. The van der Waals surface area contributed by atoms with Crippen LogP contribution in [0.15, 0.2) is 22.7 Å². The highest BCUT2D eigenvalue weighted by Crippen LogP contribution is 2.31. The molecule has 0 spiro atoms. The number of benzene rings is 1. The Morgan fingerprint density at radius 3 is 2.75 bits per heavy atom. The smallest absolute Gasteiger partial charge is 0.0891 e. The van der Waals surface area contributed by atoms with Crippen molar-refractivity contribution in [2.75, 3.05) is 20.3 Å². The fraction of sp³-hybridized carbons (Fsp3) is 0.571. The predicted molar refractivity (Wildman–Crippen MR) is 83.8 cm³/mol. The van der Waals surface area contributed by atoms with Crippen LogP contribution in [0.5, 0.6) is 0 Å². The lowest BCUT2D eigenvalue weighted by Gasteiger charge is -2.42. The molecule has 1 aromatic carbocycles. The number of ether oxygens (including phenoxy) is 2. The van der Waals surface area contributed by atoms with Gasteiger partial charge in [0.1, 0.15) is 0 Å². The SMILES string of the molecule is COC1(C(Cc2ccc(Br)cc2Cl)NN)CCOCC1. The van der Waals surface area contributed by atoms with E-state index in [1.807, 2.05) is 18.2 Å². The van der Waals surface area contributed by atoms with Gasteiger partial charge >= 0.3 is 0 Å². The van der Waals surface area contributed by atoms with E-state index in [4.69, 9.17) is 26.9 Å². The lowest BCUT2D eigenvalue weighted by Crippen LogP contribution is -2.58. The first-order chi connectivity index (χ1) is 9.61. The molecule has 0 aliphatic carbocycles. The van der Waals surface area contributed by atoms with E-state index in [1.165, 1.54) is 0 Å². The van der Waals surface area contributed by atoms with Gasteiger partial charge in [-0.2, -0.15) is 0 Å². The standard InChI is InChI=1S/C14H20BrClN2O2/c1-19-14(4-6-20-7-5-14)13(18-17)8-10-2-3-11(15)9-12(10)16/h2-3,9,13,18H,4-8,17H2,1H3. The van der Waals surface area contributed by atoms with Gasteiger partial charge in [-0.1, -0.05) is 33.6 Å². The molecule has 1 saturated heterocycles. The summed E-state index contributed by atoms with van der Waals surface area (Å²) < 4.78 is 12.2. The van der Waals surface area contributed by atoms with Crippen molar-refractivity contribution in [3.8, 4) is 0 Å². The van der Waals surface area contributed by atoms with E-state index >= 15 is 0 Å². The third-order valence-corrected chi connectivity index (χ3v) is 4.87. The number of rotatable bonds is 5. The van der Waals surface area contributed by atoms with Crippen molar-refractivity contribution in [1.29, 1.82) is 0 Å². The molecule has 20 heavy (non-hydrogen) atoms. The van der Waals surface area contributed by atoms with Crippen LogP contribution >= 0.6 is 27.5 Å². The molecule has 6 heteroatoms. The zero-order chi connectivity index (χ0) is 14.6. The minimum Gasteiger partial charge on any atom is -0.381 e. The summed E-state index contributed by atoms with van der Waals surface area (Å²) in [6.07, 6.45) is 2.37. The van der Waals surface area contributed by atoms with Crippen molar-refractivity contribution in [2.45, 2.75) is 30.9 Å². The number of hydrogen-bond donors (Lipinski definition) is 2. The van der Waals surface area contributed by atoms with Crippen LogP contribution in [0.25, 0.3) is 0 Å². The average Bonchev–Trinajstić information content (AvgIpc) is 2.47. The topological polar surface area (TPSA) is 56.5 Å². The zero-order valence-corrected chi connectivity index (χ0v) is 13.8. The molecule has 1 aliphatic heterocycles. The van der Waals surface area contributed by atoms with Gasteiger partial charge in [0.2, 0.25) is 0 Å². The minimum atomic E-state index is -0.302. The Labute approximate surface area is 133 Å². The summed E-state index contributed by atoms with van der Waals surface area (Å²) in [5, 5.41) is 0.734. The number of hydrazine groups is 1. The highest BCUT2D eigenvalue weighted by molar-refractivity contribution is 9.10. The van der Waals surface area contributed by atoms with Crippen molar-refractivity contribution < 1.29 is 9.47 Å². The fourth-order valence-electron chi connectivity index (χ4n) is 2.72. The van der Waals surface area contributed by atoms with E-state index in [2.05, 4.69) is 21.4 Å². The molecule has 3 N–H and O–H groups in total. The van der Waals surface area contributed by atoms with E-state index in [1.54, 1.807) is 7.11 Å². The zero-order valence-electron chi connectivity index (χ0n) is 11.5. The molecule has 4 nitrogen and oxygen atoms in total. The minimum absolute atomic E-state index is 0.00456. The molecule has 2 rings (SSSR count). The van der Waals surface area contributed by atoms with Crippen molar-refractivity contribution in [3.63, 3.8) is 0 Å². The molecule has 1 aliphatic rings. The maximum Gasteiger partial charge on any atom is 0.0891 e. The highest BCUT2D eigenvalue weighted by atomic mass is 79.9. The summed E-state index contributed by atoms with van der Waals surface area (Å²) in [5.41, 5.74) is 3.66. The molecular weight excluding hydrogens is 344 g/mol. The molecule has 1 heterocycles. The van der Waals surface area contributed by atoms with Gasteiger partial charge in [-0.15, -0.1) is 0 Å². The van der Waals surface area contributed by atoms with Gasteiger partial charge in [-0.05, 0) is 24.1 Å². The Kier molecular flexibility index (Phi) is 5.84. The Morgan fingerprint density at radius 2 is 2.20 bits per heavy atom. The van der Waals surface area contributed by atoms with Crippen LogP contribution in [0, 0.1) is 0 Å². The van der Waals surface area contributed by atoms with Crippen molar-refractivity contribution >= 4 is 27.5 Å². The van der Waals surface area contributed by atoms with Gasteiger partial charge in [-0.3, -0.25) is 11.3 Å². The molecule has 0 bridgehead atoms.